The molecule has 3 aliphatic rings. The van der Waals surface area contributed by atoms with Crippen LogP contribution in [0, 0.1) is 5.92 Å². The predicted octanol–water partition coefficient (Wildman–Crippen LogP) is 1.21. The zero-order valence-electron chi connectivity index (χ0n) is 15.1. The summed E-state index contributed by atoms with van der Waals surface area (Å²) in [7, 11) is 0. The van der Waals surface area contributed by atoms with Crippen LogP contribution in [-0.2, 0) is 9.59 Å². The summed E-state index contributed by atoms with van der Waals surface area (Å²) in [5, 5.41) is 5.44. The number of piperidine rings is 1. The molecular formula is C18H28N4O3. The third-order valence-corrected chi connectivity index (χ3v) is 5.60. The minimum Gasteiger partial charge on any atom is -0.343 e. The van der Waals surface area contributed by atoms with E-state index < -0.39 is 0 Å². The average molecular weight is 348 g/mol. The molecule has 3 heterocycles. The van der Waals surface area contributed by atoms with Gasteiger partial charge in [0, 0.05) is 38.3 Å². The first kappa shape index (κ1) is 17.8. The molecule has 2 fully saturated rings. The molecule has 0 radical (unpaired) electrons. The highest BCUT2D eigenvalue weighted by Crippen LogP contribution is 2.24. The van der Waals surface area contributed by atoms with E-state index in [0.717, 1.165) is 51.9 Å². The highest BCUT2D eigenvalue weighted by atomic mass is 16.2. The molecule has 1 atom stereocenters. The van der Waals surface area contributed by atoms with Crippen molar-refractivity contribution in [2.75, 3.05) is 26.2 Å². The van der Waals surface area contributed by atoms with Crippen LogP contribution in [0.4, 0.5) is 4.79 Å². The maximum Gasteiger partial charge on any atom is 0.319 e. The zero-order chi connectivity index (χ0) is 18.0. The Hall–Kier alpha value is -2.05. The lowest BCUT2D eigenvalue weighted by atomic mass is 9.92. The number of nitrogens with one attached hydrogen (secondary N) is 2. The molecule has 25 heavy (non-hydrogen) atoms. The second-order valence-corrected chi connectivity index (χ2v) is 7.37. The average Bonchev–Trinajstić information content (AvgIpc) is 2.97. The highest BCUT2D eigenvalue weighted by Gasteiger charge is 2.32. The number of rotatable bonds is 4. The predicted molar refractivity (Wildman–Crippen MR) is 93.6 cm³/mol. The van der Waals surface area contributed by atoms with E-state index in [9.17, 15) is 14.4 Å². The summed E-state index contributed by atoms with van der Waals surface area (Å²) in [6.07, 6.45) is 4.68. The monoisotopic (exact) mass is 348 g/mol. The van der Waals surface area contributed by atoms with Crippen molar-refractivity contribution in [3.8, 4) is 0 Å². The van der Waals surface area contributed by atoms with Gasteiger partial charge >= 0.3 is 6.03 Å². The van der Waals surface area contributed by atoms with Crippen molar-refractivity contribution >= 4 is 17.8 Å². The van der Waals surface area contributed by atoms with Gasteiger partial charge < -0.3 is 20.4 Å². The first-order valence-corrected chi connectivity index (χ1v) is 9.31. The van der Waals surface area contributed by atoms with Crippen molar-refractivity contribution in [1.29, 1.82) is 0 Å². The Kier molecular flexibility index (Phi) is 5.30. The topological polar surface area (TPSA) is 81.8 Å². The number of hydrogen-bond acceptors (Lipinski definition) is 3. The van der Waals surface area contributed by atoms with Gasteiger partial charge in [-0.05, 0) is 45.4 Å². The second-order valence-electron chi connectivity index (χ2n) is 7.37. The van der Waals surface area contributed by atoms with Crippen LogP contribution in [0.5, 0.6) is 0 Å². The number of urea groups is 1. The van der Waals surface area contributed by atoms with Crippen molar-refractivity contribution in [3.05, 3.63) is 11.3 Å². The van der Waals surface area contributed by atoms with Crippen molar-refractivity contribution in [2.24, 2.45) is 5.92 Å². The minimum atomic E-state index is -0.264. The first-order valence-electron chi connectivity index (χ1n) is 9.31. The molecule has 0 bridgehead atoms. The number of likely N-dealkylation sites (tertiary alicyclic amines) is 2. The third kappa shape index (κ3) is 3.96. The minimum absolute atomic E-state index is 0.0191. The van der Waals surface area contributed by atoms with Gasteiger partial charge in [0.2, 0.25) is 5.91 Å². The molecule has 3 rings (SSSR count). The Labute approximate surface area is 148 Å². The maximum absolute atomic E-state index is 12.8. The van der Waals surface area contributed by atoms with E-state index in [1.54, 1.807) is 6.92 Å². The van der Waals surface area contributed by atoms with Gasteiger partial charge in [-0.3, -0.25) is 9.59 Å². The molecule has 0 aromatic heterocycles. The highest BCUT2D eigenvalue weighted by molar-refractivity contribution is 5.98. The van der Waals surface area contributed by atoms with E-state index in [-0.39, 0.29) is 23.9 Å². The molecule has 0 aromatic rings. The summed E-state index contributed by atoms with van der Waals surface area (Å²) in [6.45, 7) is 6.87. The summed E-state index contributed by atoms with van der Waals surface area (Å²) >= 11 is 0. The second kappa shape index (κ2) is 7.45. The smallest absolute Gasteiger partial charge is 0.319 e. The van der Waals surface area contributed by atoms with Crippen molar-refractivity contribution in [1.82, 2.24) is 20.4 Å². The summed E-state index contributed by atoms with van der Waals surface area (Å²) < 4.78 is 0. The van der Waals surface area contributed by atoms with E-state index in [0.29, 0.717) is 23.6 Å². The number of carbonyl (C=O) groups excluding carboxylic acids is 3. The molecular weight excluding hydrogens is 320 g/mol. The zero-order valence-corrected chi connectivity index (χ0v) is 15.1. The Morgan fingerprint density at radius 2 is 1.92 bits per heavy atom. The van der Waals surface area contributed by atoms with E-state index in [2.05, 4.69) is 10.6 Å². The number of nitrogens with zero attached hydrogens (tertiary/aromatic N) is 2. The molecule has 2 N–H and O–H groups in total. The standard InChI is InChI=1S/C18H28N4O3/c1-12-16(13(2)20-18(25)19-12)17(24)22-10-6-14(7-11-22)5-9-21-8-3-4-15(21)23/h12,14H,3-11H2,1-2H3,(H2,19,20,25). The normalized spacial score (nSPS) is 25.3. The van der Waals surface area contributed by atoms with Gasteiger partial charge in [-0.15, -0.1) is 0 Å². The van der Waals surface area contributed by atoms with E-state index in [1.807, 2.05) is 16.7 Å². The molecule has 0 aromatic carbocycles. The fraction of sp³-hybridized carbons (Fsp3) is 0.722. The summed E-state index contributed by atoms with van der Waals surface area (Å²) in [5.41, 5.74) is 1.30. The number of allylic oxidation sites excluding steroid dienone is 1. The summed E-state index contributed by atoms with van der Waals surface area (Å²) in [4.78, 5) is 39.8. The third-order valence-electron chi connectivity index (χ3n) is 5.60. The van der Waals surface area contributed by atoms with Crippen LogP contribution in [0.1, 0.15) is 46.0 Å². The van der Waals surface area contributed by atoms with Crippen LogP contribution >= 0.6 is 0 Å². The molecule has 138 valence electrons. The van der Waals surface area contributed by atoms with E-state index >= 15 is 0 Å². The summed E-state index contributed by atoms with van der Waals surface area (Å²) in [5.74, 6) is 0.885. The Balaban J connectivity index is 1.50. The molecule has 7 nitrogen and oxygen atoms in total. The van der Waals surface area contributed by atoms with Gasteiger partial charge in [-0.25, -0.2) is 4.79 Å². The molecule has 1 unspecified atom stereocenters. The Morgan fingerprint density at radius 1 is 1.20 bits per heavy atom. The lowest BCUT2D eigenvalue weighted by Gasteiger charge is -2.35. The van der Waals surface area contributed by atoms with Gasteiger partial charge in [-0.2, -0.15) is 0 Å². The lowest BCUT2D eigenvalue weighted by molar-refractivity contribution is -0.128. The molecule has 0 aliphatic carbocycles. The van der Waals surface area contributed by atoms with Crippen LogP contribution in [0.15, 0.2) is 11.3 Å². The fourth-order valence-corrected chi connectivity index (χ4v) is 4.09. The SMILES string of the molecule is CC1=C(C(=O)N2CCC(CCN3CCCC3=O)CC2)C(C)NC(=O)N1. The molecule has 3 aliphatic heterocycles. The van der Waals surface area contributed by atoms with Gasteiger partial charge in [0.05, 0.1) is 11.6 Å². The first-order chi connectivity index (χ1) is 12.0. The lowest BCUT2D eigenvalue weighted by Crippen LogP contribution is -2.51. The van der Waals surface area contributed by atoms with E-state index in [4.69, 9.17) is 0 Å². The van der Waals surface area contributed by atoms with Crippen LogP contribution in [-0.4, -0.2) is 59.9 Å². The van der Waals surface area contributed by atoms with Gasteiger partial charge in [0.15, 0.2) is 0 Å². The van der Waals surface area contributed by atoms with Crippen molar-refractivity contribution in [2.45, 2.75) is 52.0 Å². The van der Waals surface area contributed by atoms with Gasteiger partial charge in [0.25, 0.3) is 5.91 Å². The van der Waals surface area contributed by atoms with Crippen LogP contribution in [0.2, 0.25) is 0 Å². The van der Waals surface area contributed by atoms with Crippen LogP contribution < -0.4 is 10.6 Å². The molecule has 2 saturated heterocycles. The van der Waals surface area contributed by atoms with Crippen molar-refractivity contribution in [3.63, 3.8) is 0 Å². The molecule has 0 saturated carbocycles. The molecule has 7 heteroatoms. The number of amides is 4. The van der Waals surface area contributed by atoms with Crippen LogP contribution in [0.25, 0.3) is 0 Å². The quantitative estimate of drug-likeness (QED) is 0.801. The Morgan fingerprint density at radius 3 is 2.52 bits per heavy atom. The maximum atomic E-state index is 12.8. The summed E-state index contributed by atoms with van der Waals surface area (Å²) in [6, 6.07) is -0.517. The van der Waals surface area contributed by atoms with Crippen LogP contribution in [0.3, 0.4) is 0 Å². The fourth-order valence-electron chi connectivity index (χ4n) is 4.09. The van der Waals surface area contributed by atoms with E-state index in [1.165, 1.54) is 0 Å². The molecule has 0 spiro atoms. The number of hydrogen-bond donors (Lipinski definition) is 2. The molecule has 4 amide bonds. The van der Waals surface area contributed by atoms with Crippen molar-refractivity contribution < 1.29 is 14.4 Å². The number of carbonyl (C=O) groups is 3. The Bertz CT molecular complexity index is 593. The van der Waals surface area contributed by atoms with Gasteiger partial charge in [-0.1, -0.05) is 0 Å². The van der Waals surface area contributed by atoms with Gasteiger partial charge in [0.1, 0.15) is 0 Å². The largest absolute Gasteiger partial charge is 0.343 e.